The molecule has 19 heteroatoms. The van der Waals surface area contributed by atoms with Gasteiger partial charge in [0.05, 0.1) is 20.6 Å². The third kappa shape index (κ3) is 7.92. The Morgan fingerprint density at radius 3 is 1.24 bits per heavy atom. The van der Waals surface area contributed by atoms with Crippen LogP contribution in [-0.2, 0) is 30.4 Å². The summed E-state index contributed by atoms with van der Waals surface area (Å²) in [6.45, 7) is 0.982. The molecule has 0 unspecified atom stereocenters. The van der Waals surface area contributed by atoms with Gasteiger partial charge in [-0.1, -0.05) is 69.6 Å². The molecule has 0 aliphatic carbocycles. The molecule has 0 aliphatic rings. The van der Waals surface area contributed by atoms with Crippen LogP contribution in [0.1, 0.15) is 17.3 Å². The van der Waals surface area contributed by atoms with E-state index in [4.69, 9.17) is 82.2 Å². The fourth-order valence-electron chi connectivity index (χ4n) is 3.53. The van der Waals surface area contributed by atoms with E-state index in [1.807, 2.05) is 0 Å². The van der Waals surface area contributed by atoms with Crippen molar-refractivity contribution in [3.05, 3.63) is 102 Å². The molecule has 10 nitrogen and oxygen atoms in total. The van der Waals surface area contributed by atoms with Gasteiger partial charge in [-0.2, -0.15) is 25.3 Å². The first-order valence-corrected chi connectivity index (χ1v) is 18.2. The van der Waals surface area contributed by atoms with Crippen LogP contribution >= 0.6 is 69.6 Å². The molecular formula is C26H14Cl6O10S3. The van der Waals surface area contributed by atoms with Crippen LogP contribution in [-0.4, -0.2) is 31.0 Å². The summed E-state index contributed by atoms with van der Waals surface area (Å²) >= 11 is 36.0. The number of Topliss-reactive ketones (excluding diaryl/α,β-unsaturated/α-hetero) is 1. The molecule has 0 radical (unpaired) electrons. The number of carbonyl (C=O) groups excluding carboxylic acids is 1. The first-order valence-electron chi connectivity index (χ1n) is 11.7. The van der Waals surface area contributed by atoms with Crippen LogP contribution in [0.2, 0.25) is 30.1 Å². The summed E-state index contributed by atoms with van der Waals surface area (Å²) in [6.07, 6.45) is 0. The van der Waals surface area contributed by atoms with Crippen molar-refractivity contribution in [2.24, 2.45) is 0 Å². The van der Waals surface area contributed by atoms with Crippen molar-refractivity contribution in [2.75, 3.05) is 0 Å². The van der Waals surface area contributed by atoms with Crippen LogP contribution in [0, 0.1) is 0 Å². The standard InChI is InChI=1S/C26H14Cl6O10S3/c1-13(33)17-5-9-21(40-43(34,35)22-10-14(27)2-6-18(22)30)26(42-45(38,39)24-12-16(29)4-8-20(24)32)25(17)41-44(36,37)23-11-15(28)3-7-19(23)31/h2-12H,1H3. The van der Waals surface area contributed by atoms with Crippen LogP contribution in [0.25, 0.3) is 0 Å². The number of hydrogen-bond donors (Lipinski definition) is 0. The predicted octanol–water partition coefficient (Wildman–Crippen LogP) is 8.11. The maximum absolute atomic E-state index is 13.5. The number of ketones is 1. The molecule has 0 amide bonds. The summed E-state index contributed by atoms with van der Waals surface area (Å²) in [5, 5.41) is -1.32. The molecule has 0 aliphatic heterocycles. The highest BCUT2D eigenvalue weighted by Gasteiger charge is 2.34. The van der Waals surface area contributed by atoms with Gasteiger partial charge in [0.2, 0.25) is 11.5 Å². The van der Waals surface area contributed by atoms with Crippen molar-refractivity contribution in [3.8, 4) is 17.2 Å². The molecule has 0 bridgehead atoms. The first kappa shape index (κ1) is 35.4. The van der Waals surface area contributed by atoms with Gasteiger partial charge >= 0.3 is 30.4 Å². The van der Waals surface area contributed by atoms with Gasteiger partial charge in [0.1, 0.15) is 14.7 Å². The van der Waals surface area contributed by atoms with E-state index < -0.39 is 73.6 Å². The Morgan fingerprint density at radius 1 is 0.511 bits per heavy atom. The Bertz CT molecular complexity index is 2190. The normalized spacial score (nSPS) is 12.1. The molecule has 0 heterocycles. The lowest BCUT2D eigenvalue weighted by Gasteiger charge is -2.19. The second-order valence-electron chi connectivity index (χ2n) is 8.66. The van der Waals surface area contributed by atoms with Crippen LogP contribution < -0.4 is 12.5 Å². The van der Waals surface area contributed by atoms with Crippen LogP contribution in [0.5, 0.6) is 17.2 Å². The third-order valence-electron chi connectivity index (χ3n) is 5.53. The highest BCUT2D eigenvalue weighted by atomic mass is 35.5. The van der Waals surface area contributed by atoms with Gasteiger partial charge in [-0.25, -0.2) is 0 Å². The molecule has 0 saturated carbocycles. The minimum Gasteiger partial charge on any atom is -0.375 e. The second-order valence-corrected chi connectivity index (χ2v) is 15.7. The summed E-state index contributed by atoms with van der Waals surface area (Å²) < 4.78 is 96.1. The van der Waals surface area contributed by atoms with Crippen molar-refractivity contribution in [2.45, 2.75) is 21.6 Å². The molecule has 0 aromatic heterocycles. The average molecular weight is 795 g/mol. The maximum Gasteiger partial charge on any atom is 0.341 e. The number of benzene rings is 4. The molecule has 0 N–H and O–H groups in total. The molecular weight excluding hydrogens is 781 g/mol. The molecule has 45 heavy (non-hydrogen) atoms. The Morgan fingerprint density at radius 2 is 0.867 bits per heavy atom. The van der Waals surface area contributed by atoms with Gasteiger partial charge in [-0.05, 0) is 73.7 Å². The van der Waals surface area contributed by atoms with E-state index in [1.54, 1.807) is 0 Å². The number of halogens is 6. The summed E-state index contributed by atoms with van der Waals surface area (Å²) in [4.78, 5) is 10.6. The zero-order valence-electron chi connectivity index (χ0n) is 21.9. The fraction of sp³-hybridized carbons (Fsp3) is 0.0385. The van der Waals surface area contributed by atoms with E-state index in [9.17, 15) is 30.0 Å². The Kier molecular flexibility index (Phi) is 10.5. The lowest BCUT2D eigenvalue weighted by Crippen LogP contribution is -2.18. The lowest BCUT2D eigenvalue weighted by atomic mass is 10.1. The summed E-state index contributed by atoms with van der Waals surface area (Å²) in [5.41, 5.74) is -0.579. The van der Waals surface area contributed by atoms with Crippen LogP contribution in [0.3, 0.4) is 0 Å². The van der Waals surface area contributed by atoms with Gasteiger partial charge in [-0.15, -0.1) is 0 Å². The molecule has 4 rings (SSSR count). The number of carbonyl (C=O) groups is 1. The minimum absolute atomic E-state index is 0.0586. The van der Waals surface area contributed by atoms with Crippen molar-refractivity contribution in [3.63, 3.8) is 0 Å². The maximum atomic E-state index is 13.5. The number of rotatable bonds is 10. The summed E-state index contributed by atoms with van der Waals surface area (Å²) in [7, 11) is -15.1. The van der Waals surface area contributed by atoms with Gasteiger partial charge < -0.3 is 12.5 Å². The molecule has 238 valence electrons. The Hall–Kier alpha value is -2.46. The van der Waals surface area contributed by atoms with E-state index in [2.05, 4.69) is 0 Å². The Labute approximate surface area is 287 Å². The molecule has 0 spiro atoms. The molecule has 0 atom stereocenters. The highest BCUT2D eigenvalue weighted by molar-refractivity contribution is 7.88. The second kappa shape index (κ2) is 13.3. The summed E-state index contributed by atoms with van der Waals surface area (Å²) in [5.74, 6) is -4.11. The van der Waals surface area contributed by atoms with Crippen molar-refractivity contribution < 1.29 is 42.6 Å². The minimum atomic E-state index is -5.10. The van der Waals surface area contributed by atoms with Gasteiger partial charge in [0, 0.05) is 15.1 Å². The van der Waals surface area contributed by atoms with Crippen molar-refractivity contribution in [1.82, 2.24) is 0 Å². The highest BCUT2D eigenvalue weighted by Crippen LogP contribution is 2.46. The SMILES string of the molecule is CC(=O)c1ccc(OS(=O)(=O)c2cc(Cl)ccc2Cl)c(OS(=O)(=O)c2cc(Cl)ccc2Cl)c1OS(=O)(=O)c1cc(Cl)ccc1Cl. The van der Waals surface area contributed by atoms with E-state index >= 15 is 0 Å². The predicted molar refractivity (Wildman–Crippen MR) is 169 cm³/mol. The monoisotopic (exact) mass is 792 g/mol. The topological polar surface area (TPSA) is 147 Å². The van der Waals surface area contributed by atoms with Crippen LogP contribution in [0.4, 0.5) is 0 Å². The van der Waals surface area contributed by atoms with Gasteiger partial charge in [-0.3, -0.25) is 4.79 Å². The Balaban J connectivity index is 2.01. The van der Waals surface area contributed by atoms with E-state index in [0.29, 0.717) is 0 Å². The fourth-order valence-corrected chi connectivity index (χ4v) is 8.57. The molecule has 4 aromatic carbocycles. The van der Waals surface area contributed by atoms with Crippen molar-refractivity contribution >= 4 is 106 Å². The molecule has 0 fully saturated rings. The zero-order valence-corrected chi connectivity index (χ0v) is 28.9. The summed E-state index contributed by atoms with van der Waals surface area (Å²) in [6, 6.07) is 11.7. The zero-order chi connectivity index (χ0) is 33.5. The lowest BCUT2D eigenvalue weighted by molar-refractivity contribution is 0.101. The smallest absolute Gasteiger partial charge is 0.341 e. The van der Waals surface area contributed by atoms with Gasteiger partial charge in [0.25, 0.3) is 0 Å². The number of hydrogen-bond acceptors (Lipinski definition) is 10. The largest absolute Gasteiger partial charge is 0.375 e. The van der Waals surface area contributed by atoms with Gasteiger partial charge in [0.15, 0.2) is 11.5 Å². The first-order chi connectivity index (χ1) is 20.8. The average Bonchev–Trinajstić information content (AvgIpc) is 2.93. The quantitative estimate of drug-likeness (QED) is 0.114. The molecule has 0 saturated heterocycles. The van der Waals surface area contributed by atoms with Crippen molar-refractivity contribution in [1.29, 1.82) is 0 Å². The van der Waals surface area contributed by atoms with Crippen LogP contribution in [0.15, 0.2) is 81.4 Å². The van der Waals surface area contributed by atoms with E-state index in [-0.39, 0.29) is 30.1 Å². The van der Waals surface area contributed by atoms with E-state index in [0.717, 1.165) is 55.5 Å². The van der Waals surface area contributed by atoms with E-state index in [1.165, 1.54) is 18.2 Å². The third-order valence-corrected chi connectivity index (χ3v) is 11.4. The molecule has 4 aromatic rings.